The van der Waals surface area contributed by atoms with Crippen LogP contribution in [0.25, 0.3) is 10.6 Å². The Morgan fingerprint density at radius 2 is 2.10 bits per heavy atom. The van der Waals surface area contributed by atoms with Crippen molar-refractivity contribution in [1.82, 2.24) is 14.8 Å². The van der Waals surface area contributed by atoms with Crippen LogP contribution in [0.4, 0.5) is 0 Å². The molecule has 29 heavy (non-hydrogen) atoms. The number of likely N-dealkylation sites (tertiary alicyclic amines) is 1. The third-order valence-corrected chi connectivity index (χ3v) is 6.44. The molecule has 0 N–H and O–H groups in total. The number of benzene rings is 1. The van der Waals surface area contributed by atoms with Gasteiger partial charge < -0.3 is 14.2 Å². The highest BCUT2D eigenvalue weighted by molar-refractivity contribution is 7.13. The molecule has 0 unspecified atom stereocenters. The van der Waals surface area contributed by atoms with Crippen LogP contribution in [0.1, 0.15) is 29.9 Å². The zero-order valence-electron chi connectivity index (χ0n) is 17.0. The third kappa shape index (κ3) is 4.95. The SMILES string of the molecule is Cc1cccc(-c2nc(CC(=O)N(Cc3ccco3)C3CCN(C)CC3)cs2)c1. The fraction of sp³-hybridized carbons (Fsp3) is 0.391. The molecule has 152 valence electrons. The molecule has 0 saturated carbocycles. The van der Waals surface area contributed by atoms with Crippen molar-refractivity contribution >= 4 is 17.2 Å². The zero-order valence-corrected chi connectivity index (χ0v) is 17.8. The third-order valence-electron chi connectivity index (χ3n) is 5.50. The summed E-state index contributed by atoms with van der Waals surface area (Å²) in [6.45, 7) is 4.63. The van der Waals surface area contributed by atoms with E-state index in [9.17, 15) is 4.79 Å². The van der Waals surface area contributed by atoms with Crippen LogP contribution in [0.3, 0.4) is 0 Å². The summed E-state index contributed by atoms with van der Waals surface area (Å²) in [7, 11) is 2.14. The number of aryl methyl sites for hydroxylation is 1. The van der Waals surface area contributed by atoms with Gasteiger partial charge in [-0.2, -0.15) is 0 Å². The summed E-state index contributed by atoms with van der Waals surface area (Å²) in [6.07, 6.45) is 3.99. The average Bonchev–Trinajstić information content (AvgIpc) is 3.39. The summed E-state index contributed by atoms with van der Waals surface area (Å²) >= 11 is 1.60. The Balaban J connectivity index is 1.49. The van der Waals surface area contributed by atoms with Crippen molar-refractivity contribution in [3.8, 4) is 10.6 Å². The van der Waals surface area contributed by atoms with Crippen LogP contribution in [0, 0.1) is 6.92 Å². The van der Waals surface area contributed by atoms with Gasteiger partial charge in [-0.15, -0.1) is 11.3 Å². The maximum Gasteiger partial charge on any atom is 0.229 e. The number of hydrogen-bond acceptors (Lipinski definition) is 5. The van der Waals surface area contributed by atoms with E-state index in [1.165, 1.54) is 5.56 Å². The van der Waals surface area contributed by atoms with E-state index >= 15 is 0 Å². The zero-order chi connectivity index (χ0) is 20.2. The quantitative estimate of drug-likeness (QED) is 0.606. The first-order valence-corrected chi connectivity index (χ1v) is 11.0. The smallest absolute Gasteiger partial charge is 0.229 e. The molecule has 0 atom stereocenters. The minimum atomic E-state index is 0.122. The Hall–Kier alpha value is -2.44. The predicted octanol–water partition coefficient (Wildman–Crippen LogP) is 4.38. The molecule has 0 radical (unpaired) electrons. The number of rotatable bonds is 6. The number of hydrogen-bond donors (Lipinski definition) is 0. The topological polar surface area (TPSA) is 49.6 Å². The van der Waals surface area contributed by atoms with E-state index < -0.39 is 0 Å². The molecule has 2 aromatic heterocycles. The summed E-state index contributed by atoms with van der Waals surface area (Å²) in [5.41, 5.74) is 3.16. The van der Waals surface area contributed by atoms with Crippen LogP contribution in [0.5, 0.6) is 0 Å². The fourth-order valence-electron chi connectivity index (χ4n) is 3.85. The molecule has 1 amide bonds. The highest BCUT2D eigenvalue weighted by Crippen LogP contribution is 2.26. The van der Waals surface area contributed by atoms with Gasteiger partial charge in [0.15, 0.2) is 0 Å². The van der Waals surface area contributed by atoms with Crippen molar-refractivity contribution < 1.29 is 9.21 Å². The Morgan fingerprint density at radius 3 is 2.83 bits per heavy atom. The van der Waals surface area contributed by atoms with Crippen molar-refractivity contribution in [1.29, 1.82) is 0 Å². The number of carbonyl (C=O) groups is 1. The lowest BCUT2D eigenvalue weighted by molar-refractivity contribution is -0.134. The predicted molar refractivity (Wildman–Crippen MR) is 116 cm³/mol. The molecule has 0 aliphatic carbocycles. The first-order chi connectivity index (χ1) is 14.1. The molecule has 1 saturated heterocycles. The molecular weight excluding hydrogens is 382 g/mol. The second-order valence-corrected chi connectivity index (χ2v) is 8.68. The van der Waals surface area contributed by atoms with Crippen molar-refractivity contribution in [3.63, 3.8) is 0 Å². The molecule has 1 aliphatic heterocycles. The Bertz CT molecular complexity index is 943. The number of furan rings is 1. The molecule has 6 heteroatoms. The Kier molecular flexibility index (Phi) is 6.11. The van der Waals surface area contributed by atoms with E-state index in [1.54, 1.807) is 17.6 Å². The minimum Gasteiger partial charge on any atom is -0.467 e. The Morgan fingerprint density at radius 1 is 1.28 bits per heavy atom. The van der Waals surface area contributed by atoms with Gasteiger partial charge in [0.2, 0.25) is 5.91 Å². The van der Waals surface area contributed by atoms with Crippen molar-refractivity contribution in [2.75, 3.05) is 20.1 Å². The molecule has 1 aliphatic rings. The van der Waals surface area contributed by atoms with Gasteiger partial charge in [-0.3, -0.25) is 4.79 Å². The van der Waals surface area contributed by atoms with Gasteiger partial charge in [0.1, 0.15) is 10.8 Å². The monoisotopic (exact) mass is 409 g/mol. The molecular formula is C23H27N3O2S. The van der Waals surface area contributed by atoms with Crippen LogP contribution in [0.2, 0.25) is 0 Å². The highest BCUT2D eigenvalue weighted by Gasteiger charge is 2.28. The van der Waals surface area contributed by atoms with Crippen LogP contribution < -0.4 is 0 Å². The van der Waals surface area contributed by atoms with Crippen molar-refractivity contribution in [3.05, 3.63) is 65.1 Å². The molecule has 0 bridgehead atoms. The van der Waals surface area contributed by atoms with Crippen molar-refractivity contribution in [2.45, 2.75) is 38.8 Å². The van der Waals surface area contributed by atoms with Crippen LogP contribution in [-0.2, 0) is 17.8 Å². The van der Waals surface area contributed by atoms with E-state index in [-0.39, 0.29) is 11.9 Å². The summed E-state index contributed by atoms with van der Waals surface area (Å²) in [5, 5.41) is 2.98. The standard InChI is InChI=1S/C23H27N3O2S/c1-17-5-3-6-18(13-17)23-24-19(16-29-23)14-22(27)26(15-21-7-4-12-28-21)20-8-10-25(2)11-9-20/h3-7,12-13,16,20H,8-11,14-15H2,1-2H3. The largest absolute Gasteiger partial charge is 0.467 e. The number of carbonyl (C=O) groups excluding carboxylic acids is 1. The van der Waals surface area contributed by atoms with E-state index in [4.69, 9.17) is 9.40 Å². The average molecular weight is 410 g/mol. The summed E-state index contributed by atoms with van der Waals surface area (Å²) in [5.74, 6) is 0.952. The number of aromatic nitrogens is 1. The lowest BCUT2D eigenvalue weighted by Gasteiger charge is -2.37. The van der Waals surface area contributed by atoms with Gasteiger partial charge in [-0.25, -0.2) is 4.98 Å². The second kappa shape index (κ2) is 8.93. The Labute approximate surface area is 176 Å². The fourth-order valence-corrected chi connectivity index (χ4v) is 4.67. The molecule has 3 heterocycles. The van der Waals surface area contributed by atoms with Gasteiger partial charge in [0.25, 0.3) is 0 Å². The number of piperidine rings is 1. The molecule has 1 fully saturated rings. The maximum absolute atomic E-state index is 13.3. The maximum atomic E-state index is 13.3. The van der Waals surface area contributed by atoms with E-state index in [0.29, 0.717) is 13.0 Å². The first kappa shape index (κ1) is 19.9. The van der Waals surface area contributed by atoms with Gasteiger partial charge in [0.05, 0.1) is 24.9 Å². The van der Waals surface area contributed by atoms with Gasteiger partial charge in [-0.05, 0) is 58.1 Å². The molecule has 1 aromatic carbocycles. The normalized spacial score (nSPS) is 15.5. The number of amides is 1. The van der Waals surface area contributed by atoms with Crippen LogP contribution in [0.15, 0.2) is 52.5 Å². The summed E-state index contributed by atoms with van der Waals surface area (Å²) < 4.78 is 5.53. The molecule has 4 rings (SSSR count). The first-order valence-electron chi connectivity index (χ1n) is 10.1. The highest BCUT2D eigenvalue weighted by atomic mass is 32.1. The van der Waals surface area contributed by atoms with Gasteiger partial charge in [-0.1, -0.05) is 23.8 Å². The second-order valence-electron chi connectivity index (χ2n) is 7.83. The molecule has 0 spiro atoms. The summed E-state index contributed by atoms with van der Waals surface area (Å²) in [6, 6.07) is 12.4. The van der Waals surface area contributed by atoms with Gasteiger partial charge >= 0.3 is 0 Å². The van der Waals surface area contributed by atoms with E-state index in [2.05, 4.69) is 37.1 Å². The van der Waals surface area contributed by atoms with Crippen molar-refractivity contribution in [2.24, 2.45) is 0 Å². The number of nitrogens with zero attached hydrogens (tertiary/aromatic N) is 3. The van der Waals surface area contributed by atoms with Gasteiger partial charge in [0, 0.05) is 17.0 Å². The number of thiazole rings is 1. The van der Waals surface area contributed by atoms with E-state index in [1.807, 2.05) is 28.5 Å². The molecule has 5 nitrogen and oxygen atoms in total. The molecule has 3 aromatic rings. The van der Waals surface area contributed by atoms with Crippen LogP contribution >= 0.6 is 11.3 Å². The minimum absolute atomic E-state index is 0.122. The lowest BCUT2D eigenvalue weighted by Crippen LogP contribution is -2.46. The summed E-state index contributed by atoms with van der Waals surface area (Å²) in [4.78, 5) is 22.3. The lowest BCUT2D eigenvalue weighted by atomic mass is 10.0. The van der Waals surface area contributed by atoms with E-state index in [0.717, 1.165) is 48.0 Å². The van der Waals surface area contributed by atoms with Crippen LogP contribution in [-0.4, -0.2) is 46.9 Å².